The summed E-state index contributed by atoms with van der Waals surface area (Å²) in [5.41, 5.74) is 6.50. The van der Waals surface area contributed by atoms with Gasteiger partial charge in [-0.25, -0.2) is 4.39 Å². The van der Waals surface area contributed by atoms with Gasteiger partial charge in [0.05, 0.1) is 11.6 Å². The first-order chi connectivity index (χ1) is 9.40. The van der Waals surface area contributed by atoms with Gasteiger partial charge in [-0.3, -0.25) is 4.79 Å². The molecular formula is C15H24FN3O. The van der Waals surface area contributed by atoms with Gasteiger partial charge in [0.2, 0.25) is 5.91 Å². The molecule has 0 radical (unpaired) electrons. The first kappa shape index (κ1) is 16.4. The van der Waals surface area contributed by atoms with Crippen LogP contribution in [0.15, 0.2) is 18.2 Å². The van der Waals surface area contributed by atoms with Gasteiger partial charge in [-0.15, -0.1) is 0 Å². The van der Waals surface area contributed by atoms with E-state index in [1.807, 2.05) is 32.7 Å². The quantitative estimate of drug-likeness (QED) is 0.842. The minimum absolute atomic E-state index is 0.167. The Kier molecular flexibility index (Phi) is 5.95. The van der Waals surface area contributed by atoms with E-state index in [1.54, 1.807) is 12.1 Å². The molecule has 1 rings (SSSR count). The van der Waals surface area contributed by atoms with E-state index < -0.39 is 0 Å². The molecule has 0 spiro atoms. The molecule has 1 aromatic rings. The second kappa shape index (κ2) is 7.24. The van der Waals surface area contributed by atoms with Crippen LogP contribution in [0.2, 0.25) is 0 Å². The van der Waals surface area contributed by atoms with Crippen LogP contribution >= 0.6 is 0 Å². The highest BCUT2D eigenvalue weighted by Gasteiger charge is 2.16. The number of hydrogen-bond donors (Lipinski definition) is 2. The van der Waals surface area contributed by atoms with Gasteiger partial charge < -0.3 is 16.0 Å². The number of carbonyl (C=O) groups is 1. The zero-order chi connectivity index (χ0) is 15.3. The molecule has 0 aliphatic rings. The SMILES string of the molecule is CCC(CN)C(=O)Nc1ccc(N(C)C(C)C)c(F)c1. The molecule has 1 unspecified atom stereocenters. The fourth-order valence-electron chi connectivity index (χ4n) is 1.85. The second-order valence-electron chi connectivity index (χ2n) is 5.20. The van der Waals surface area contributed by atoms with Crippen molar-refractivity contribution in [3.8, 4) is 0 Å². The lowest BCUT2D eigenvalue weighted by Gasteiger charge is -2.24. The Morgan fingerprint density at radius 3 is 2.55 bits per heavy atom. The van der Waals surface area contributed by atoms with E-state index in [0.717, 1.165) is 0 Å². The Bertz CT molecular complexity index is 458. The number of nitrogens with zero attached hydrogens (tertiary/aromatic N) is 1. The first-order valence-corrected chi connectivity index (χ1v) is 6.94. The Labute approximate surface area is 120 Å². The van der Waals surface area contributed by atoms with E-state index in [2.05, 4.69) is 5.32 Å². The molecule has 0 fully saturated rings. The van der Waals surface area contributed by atoms with Crippen molar-refractivity contribution in [2.75, 3.05) is 23.8 Å². The third kappa shape index (κ3) is 3.93. The molecule has 112 valence electrons. The smallest absolute Gasteiger partial charge is 0.228 e. The maximum atomic E-state index is 14.1. The first-order valence-electron chi connectivity index (χ1n) is 6.94. The minimum atomic E-state index is -0.347. The number of rotatable bonds is 6. The minimum Gasteiger partial charge on any atom is -0.370 e. The topological polar surface area (TPSA) is 58.4 Å². The monoisotopic (exact) mass is 281 g/mol. The number of nitrogens with one attached hydrogen (secondary N) is 1. The maximum absolute atomic E-state index is 14.1. The lowest BCUT2D eigenvalue weighted by Crippen LogP contribution is -2.29. The summed E-state index contributed by atoms with van der Waals surface area (Å²) in [6.07, 6.45) is 0.666. The van der Waals surface area contributed by atoms with Crippen molar-refractivity contribution >= 4 is 17.3 Å². The van der Waals surface area contributed by atoms with Crippen LogP contribution in [0.5, 0.6) is 0 Å². The zero-order valence-electron chi connectivity index (χ0n) is 12.6. The summed E-state index contributed by atoms with van der Waals surface area (Å²) in [6, 6.07) is 4.92. The van der Waals surface area contributed by atoms with E-state index in [9.17, 15) is 9.18 Å². The van der Waals surface area contributed by atoms with Gasteiger partial charge in [-0.1, -0.05) is 6.92 Å². The van der Waals surface area contributed by atoms with Gasteiger partial charge in [0, 0.05) is 25.3 Å². The summed E-state index contributed by atoms with van der Waals surface area (Å²) < 4.78 is 14.1. The summed E-state index contributed by atoms with van der Waals surface area (Å²) in [4.78, 5) is 13.7. The van der Waals surface area contributed by atoms with Crippen LogP contribution < -0.4 is 16.0 Å². The van der Waals surface area contributed by atoms with E-state index in [-0.39, 0.29) is 23.7 Å². The maximum Gasteiger partial charge on any atom is 0.228 e. The predicted octanol–water partition coefficient (Wildman–Crippen LogP) is 2.59. The van der Waals surface area contributed by atoms with Crippen LogP contribution in [0.4, 0.5) is 15.8 Å². The molecule has 0 aliphatic carbocycles. The molecule has 3 N–H and O–H groups in total. The Balaban J connectivity index is 2.85. The number of nitrogens with two attached hydrogens (primary N) is 1. The molecule has 0 aromatic heterocycles. The van der Waals surface area contributed by atoms with Crippen molar-refractivity contribution in [2.45, 2.75) is 33.2 Å². The van der Waals surface area contributed by atoms with Crippen LogP contribution in [-0.4, -0.2) is 25.5 Å². The molecule has 4 nitrogen and oxygen atoms in total. The number of amides is 1. The van der Waals surface area contributed by atoms with Crippen LogP contribution in [-0.2, 0) is 4.79 Å². The van der Waals surface area contributed by atoms with Gasteiger partial charge in [0.25, 0.3) is 0 Å². The van der Waals surface area contributed by atoms with Gasteiger partial charge in [0.15, 0.2) is 0 Å². The van der Waals surface area contributed by atoms with Crippen molar-refractivity contribution < 1.29 is 9.18 Å². The van der Waals surface area contributed by atoms with Gasteiger partial charge >= 0.3 is 0 Å². The molecule has 1 atom stereocenters. The molecule has 0 heterocycles. The highest BCUT2D eigenvalue weighted by molar-refractivity contribution is 5.92. The Morgan fingerprint density at radius 2 is 2.10 bits per heavy atom. The average Bonchev–Trinajstić information content (AvgIpc) is 2.39. The van der Waals surface area contributed by atoms with E-state index in [4.69, 9.17) is 5.73 Å². The highest BCUT2D eigenvalue weighted by Crippen LogP contribution is 2.23. The second-order valence-corrected chi connectivity index (χ2v) is 5.20. The van der Waals surface area contributed by atoms with Gasteiger partial charge in [-0.2, -0.15) is 0 Å². The predicted molar refractivity (Wildman–Crippen MR) is 81.4 cm³/mol. The van der Waals surface area contributed by atoms with Crippen molar-refractivity contribution in [1.29, 1.82) is 0 Å². The number of halogens is 1. The van der Waals surface area contributed by atoms with Crippen molar-refractivity contribution in [2.24, 2.45) is 11.7 Å². The van der Waals surface area contributed by atoms with Crippen molar-refractivity contribution in [1.82, 2.24) is 0 Å². The summed E-state index contributed by atoms with van der Waals surface area (Å²) in [5, 5.41) is 2.70. The number of benzene rings is 1. The zero-order valence-corrected chi connectivity index (χ0v) is 12.6. The molecule has 20 heavy (non-hydrogen) atoms. The number of anilines is 2. The van der Waals surface area contributed by atoms with E-state index in [0.29, 0.717) is 24.3 Å². The van der Waals surface area contributed by atoms with Crippen LogP contribution in [0.25, 0.3) is 0 Å². The van der Waals surface area contributed by atoms with Crippen LogP contribution in [0.1, 0.15) is 27.2 Å². The molecular weight excluding hydrogens is 257 g/mol. The normalized spacial score (nSPS) is 12.3. The average molecular weight is 281 g/mol. The van der Waals surface area contributed by atoms with E-state index >= 15 is 0 Å². The van der Waals surface area contributed by atoms with Crippen molar-refractivity contribution in [3.63, 3.8) is 0 Å². The Hall–Kier alpha value is -1.62. The largest absolute Gasteiger partial charge is 0.370 e. The lowest BCUT2D eigenvalue weighted by atomic mass is 10.1. The van der Waals surface area contributed by atoms with Crippen LogP contribution in [0, 0.1) is 11.7 Å². The van der Waals surface area contributed by atoms with Gasteiger partial charge in [0.1, 0.15) is 5.82 Å². The standard InChI is InChI=1S/C15H24FN3O/c1-5-11(9-17)15(20)18-12-6-7-14(13(16)8-12)19(4)10(2)3/h6-8,10-11H,5,9,17H2,1-4H3,(H,18,20). The number of hydrogen-bond acceptors (Lipinski definition) is 3. The molecule has 5 heteroatoms. The molecule has 0 saturated carbocycles. The summed E-state index contributed by atoms with van der Waals surface area (Å²) in [5.74, 6) is -0.754. The molecule has 0 aliphatic heterocycles. The highest BCUT2D eigenvalue weighted by atomic mass is 19.1. The lowest BCUT2D eigenvalue weighted by molar-refractivity contribution is -0.119. The summed E-state index contributed by atoms with van der Waals surface area (Å²) in [6.45, 7) is 6.17. The summed E-state index contributed by atoms with van der Waals surface area (Å²) in [7, 11) is 1.84. The third-order valence-corrected chi connectivity index (χ3v) is 3.52. The Morgan fingerprint density at radius 1 is 1.45 bits per heavy atom. The fraction of sp³-hybridized carbons (Fsp3) is 0.533. The molecule has 0 bridgehead atoms. The molecule has 0 saturated heterocycles. The summed E-state index contributed by atoms with van der Waals surface area (Å²) >= 11 is 0. The van der Waals surface area contributed by atoms with E-state index in [1.165, 1.54) is 6.07 Å². The van der Waals surface area contributed by atoms with Crippen LogP contribution in [0.3, 0.4) is 0 Å². The van der Waals surface area contributed by atoms with Crippen molar-refractivity contribution in [3.05, 3.63) is 24.0 Å². The third-order valence-electron chi connectivity index (χ3n) is 3.52. The number of carbonyl (C=O) groups excluding carboxylic acids is 1. The fourth-order valence-corrected chi connectivity index (χ4v) is 1.85. The molecule has 1 aromatic carbocycles. The molecule has 1 amide bonds. The van der Waals surface area contributed by atoms with Gasteiger partial charge in [-0.05, 0) is 38.5 Å².